The van der Waals surface area contributed by atoms with Crippen LogP contribution in [0.3, 0.4) is 0 Å². The number of carbonyl (C=O) groups excluding carboxylic acids is 1. The van der Waals surface area contributed by atoms with E-state index in [1.807, 2.05) is 4.90 Å². The molecule has 1 atom stereocenters. The molecule has 1 fully saturated rings. The Bertz CT molecular complexity index is 760. The minimum Gasteiger partial charge on any atom is -0.380 e. The standard InChI is InChI=1S/C17H17F3N2O2S/c1-24-13-6-3-7-22(10-13)16-21-9-14(25-16)15(23)11-4-2-5-12(8-11)17(18,19)20/h2,4-5,8-9,13H,3,6-7,10H2,1H3. The Labute approximate surface area is 147 Å². The van der Waals surface area contributed by atoms with E-state index < -0.39 is 17.5 Å². The maximum absolute atomic E-state index is 12.8. The molecular weight excluding hydrogens is 353 g/mol. The number of carbonyl (C=O) groups is 1. The number of piperidine rings is 1. The Balaban J connectivity index is 1.79. The number of ether oxygens (including phenoxy) is 1. The van der Waals surface area contributed by atoms with E-state index in [0.29, 0.717) is 16.6 Å². The van der Waals surface area contributed by atoms with Gasteiger partial charge in [0.25, 0.3) is 0 Å². The van der Waals surface area contributed by atoms with Crippen molar-refractivity contribution in [2.75, 3.05) is 25.1 Å². The Morgan fingerprint density at radius 3 is 2.92 bits per heavy atom. The van der Waals surface area contributed by atoms with Crippen molar-refractivity contribution < 1.29 is 22.7 Å². The summed E-state index contributed by atoms with van der Waals surface area (Å²) in [5, 5.41) is 0.692. The lowest BCUT2D eigenvalue weighted by molar-refractivity contribution is -0.137. The first-order valence-corrected chi connectivity index (χ1v) is 8.65. The van der Waals surface area contributed by atoms with Crippen LogP contribution in [0.2, 0.25) is 0 Å². The summed E-state index contributed by atoms with van der Waals surface area (Å²) in [6.07, 6.45) is -0.971. The van der Waals surface area contributed by atoms with Crippen LogP contribution in [-0.2, 0) is 10.9 Å². The van der Waals surface area contributed by atoms with Crippen molar-refractivity contribution in [3.8, 4) is 0 Å². The van der Waals surface area contributed by atoms with Gasteiger partial charge in [0.05, 0.1) is 22.7 Å². The molecule has 0 aliphatic carbocycles. The van der Waals surface area contributed by atoms with E-state index >= 15 is 0 Å². The fourth-order valence-electron chi connectivity index (χ4n) is 2.80. The zero-order chi connectivity index (χ0) is 18.0. The van der Waals surface area contributed by atoms with Crippen LogP contribution in [0.1, 0.15) is 33.6 Å². The maximum atomic E-state index is 12.8. The number of thiazole rings is 1. The molecule has 1 aliphatic heterocycles. The molecule has 0 N–H and O–H groups in total. The largest absolute Gasteiger partial charge is 0.416 e. The minimum absolute atomic E-state index is 0.0124. The minimum atomic E-state index is -4.47. The molecule has 4 nitrogen and oxygen atoms in total. The summed E-state index contributed by atoms with van der Waals surface area (Å²) in [6, 6.07) is 4.46. The number of alkyl halides is 3. The van der Waals surface area contributed by atoms with Gasteiger partial charge in [-0.05, 0) is 25.0 Å². The van der Waals surface area contributed by atoms with Crippen LogP contribution in [0.25, 0.3) is 0 Å². The van der Waals surface area contributed by atoms with Crippen LogP contribution in [0.15, 0.2) is 30.5 Å². The Morgan fingerprint density at radius 1 is 1.40 bits per heavy atom. The second kappa shape index (κ2) is 7.13. The van der Waals surface area contributed by atoms with Crippen molar-refractivity contribution in [3.05, 3.63) is 46.5 Å². The molecule has 0 amide bonds. The molecule has 1 saturated heterocycles. The van der Waals surface area contributed by atoms with E-state index in [-0.39, 0.29) is 11.7 Å². The molecule has 1 aromatic heterocycles. The monoisotopic (exact) mass is 370 g/mol. The number of hydrogen-bond donors (Lipinski definition) is 0. The number of methoxy groups -OCH3 is 1. The fraction of sp³-hybridized carbons (Fsp3) is 0.412. The van der Waals surface area contributed by atoms with Crippen molar-refractivity contribution in [1.82, 2.24) is 4.98 Å². The normalized spacial score (nSPS) is 18.4. The number of benzene rings is 1. The van der Waals surface area contributed by atoms with Crippen LogP contribution >= 0.6 is 11.3 Å². The molecule has 2 heterocycles. The predicted octanol–water partition coefficient (Wildman–Crippen LogP) is 4.01. The highest BCUT2D eigenvalue weighted by Gasteiger charge is 2.31. The van der Waals surface area contributed by atoms with Gasteiger partial charge in [-0.3, -0.25) is 4.79 Å². The molecule has 1 aliphatic rings. The van der Waals surface area contributed by atoms with Crippen LogP contribution < -0.4 is 4.90 Å². The third-order valence-electron chi connectivity index (χ3n) is 4.15. The summed E-state index contributed by atoms with van der Waals surface area (Å²) in [5.41, 5.74) is -0.819. The van der Waals surface area contributed by atoms with Crippen molar-refractivity contribution in [2.24, 2.45) is 0 Å². The first-order chi connectivity index (χ1) is 11.9. The van der Waals surface area contributed by atoms with Gasteiger partial charge in [-0.2, -0.15) is 13.2 Å². The number of rotatable bonds is 4. The van der Waals surface area contributed by atoms with Crippen molar-refractivity contribution in [2.45, 2.75) is 25.1 Å². The van der Waals surface area contributed by atoms with Gasteiger partial charge in [-0.15, -0.1) is 0 Å². The van der Waals surface area contributed by atoms with Gasteiger partial charge < -0.3 is 9.64 Å². The quantitative estimate of drug-likeness (QED) is 0.763. The lowest BCUT2D eigenvalue weighted by Crippen LogP contribution is -2.39. The van der Waals surface area contributed by atoms with E-state index in [0.717, 1.165) is 31.5 Å². The van der Waals surface area contributed by atoms with E-state index in [1.165, 1.54) is 29.7 Å². The molecule has 0 radical (unpaired) electrons. The molecule has 134 valence electrons. The summed E-state index contributed by atoms with van der Waals surface area (Å²) in [4.78, 5) is 19.1. The van der Waals surface area contributed by atoms with E-state index in [4.69, 9.17) is 4.74 Å². The van der Waals surface area contributed by atoms with Crippen LogP contribution in [0.4, 0.5) is 18.3 Å². The maximum Gasteiger partial charge on any atom is 0.416 e. The van der Waals surface area contributed by atoms with E-state index in [1.54, 1.807) is 7.11 Å². The number of aromatic nitrogens is 1. The lowest BCUT2D eigenvalue weighted by Gasteiger charge is -2.31. The molecule has 0 saturated carbocycles. The highest BCUT2D eigenvalue weighted by atomic mass is 32.1. The summed E-state index contributed by atoms with van der Waals surface area (Å²) in [7, 11) is 1.67. The summed E-state index contributed by atoms with van der Waals surface area (Å²) < 4.78 is 43.8. The number of anilines is 1. The second-order valence-electron chi connectivity index (χ2n) is 5.86. The topological polar surface area (TPSA) is 42.4 Å². The summed E-state index contributed by atoms with van der Waals surface area (Å²) in [6.45, 7) is 1.52. The zero-order valence-electron chi connectivity index (χ0n) is 13.5. The molecule has 1 aromatic carbocycles. The van der Waals surface area contributed by atoms with Gasteiger partial charge in [-0.1, -0.05) is 23.5 Å². The van der Waals surface area contributed by atoms with Gasteiger partial charge in [0.2, 0.25) is 5.78 Å². The number of nitrogens with zero attached hydrogens (tertiary/aromatic N) is 2. The number of hydrogen-bond acceptors (Lipinski definition) is 5. The molecule has 8 heteroatoms. The predicted molar refractivity (Wildman–Crippen MR) is 89.2 cm³/mol. The third kappa shape index (κ3) is 4.01. The highest BCUT2D eigenvalue weighted by molar-refractivity contribution is 7.17. The number of ketones is 1. The molecular formula is C17H17F3N2O2S. The summed E-state index contributed by atoms with van der Waals surface area (Å²) in [5.74, 6) is -0.449. The Kier molecular flexibility index (Phi) is 5.10. The van der Waals surface area contributed by atoms with Gasteiger partial charge in [0.15, 0.2) is 5.13 Å². The Hall–Kier alpha value is -1.93. The van der Waals surface area contributed by atoms with Crippen molar-refractivity contribution in [1.29, 1.82) is 0 Å². The highest BCUT2D eigenvalue weighted by Crippen LogP contribution is 2.31. The van der Waals surface area contributed by atoms with Crippen LogP contribution in [0, 0.1) is 0 Å². The smallest absolute Gasteiger partial charge is 0.380 e. The average Bonchev–Trinajstić information content (AvgIpc) is 3.10. The number of halogens is 3. The molecule has 0 bridgehead atoms. The molecule has 1 unspecified atom stereocenters. The Morgan fingerprint density at radius 2 is 2.20 bits per heavy atom. The van der Waals surface area contributed by atoms with Gasteiger partial charge in [-0.25, -0.2) is 4.98 Å². The SMILES string of the molecule is COC1CCCN(c2ncc(C(=O)c3cccc(C(F)(F)F)c3)s2)C1. The lowest BCUT2D eigenvalue weighted by atomic mass is 10.1. The van der Waals surface area contributed by atoms with Crippen molar-refractivity contribution in [3.63, 3.8) is 0 Å². The molecule has 2 aromatic rings. The van der Waals surface area contributed by atoms with E-state index in [9.17, 15) is 18.0 Å². The molecule has 25 heavy (non-hydrogen) atoms. The zero-order valence-corrected chi connectivity index (χ0v) is 14.4. The second-order valence-corrected chi connectivity index (χ2v) is 6.87. The third-order valence-corrected chi connectivity index (χ3v) is 5.21. The van der Waals surface area contributed by atoms with Crippen LogP contribution in [0.5, 0.6) is 0 Å². The first-order valence-electron chi connectivity index (χ1n) is 7.84. The van der Waals surface area contributed by atoms with Gasteiger partial charge in [0, 0.05) is 25.8 Å². The fourth-order valence-corrected chi connectivity index (χ4v) is 3.71. The van der Waals surface area contributed by atoms with Crippen molar-refractivity contribution >= 4 is 22.3 Å². The summed E-state index contributed by atoms with van der Waals surface area (Å²) >= 11 is 1.20. The molecule has 0 spiro atoms. The first kappa shape index (κ1) is 17.9. The van der Waals surface area contributed by atoms with E-state index in [2.05, 4.69) is 4.98 Å². The van der Waals surface area contributed by atoms with Crippen LogP contribution in [-0.4, -0.2) is 37.1 Å². The average molecular weight is 370 g/mol. The van der Waals surface area contributed by atoms with Gasteiger partial charge in [0.1, 0.15) is 0 Å². The van der Waals surface area contributed by atoms with Gasteiger partial charge >= 0.3 is 6.18 Å². The molecule has 3 rings (SSSR count).